The lowest BCUT2D eigenvalue weighted by molar-refractivity contribution is -0.213. The van der Waals surface area contributed by atoms with E-state index >= 15 is 0 Å². The smallest absolute Gasteiger partial charge is 0.425 e. The highest BCUT2D eigenvalue weighted by Crippen LogP contribution is 2.39. The fraction of sp³-hybridized carbons (Fsp3) is 0.438. The lowest BCUT2D eigenvalue weighted by Gasteiger charge is -2.36. The molecule has 0 saturated carbocycles. The summed E-state index contributed by atoms with van der Waals surface area (Å²) >= 11 is 0. The third-order valence-electron chi connectivity index (χ3n) is 7.47. The molecule has 0 spiro atoms. The number of aromatic nitrogens is 2. The quantitative estimate of drug-likeness (QED) is 0.261. The predicted octanol–water partition coefficient (Wildman–Crippen LogP) is 5.83. The second kappa shape index (κ2) is 13.6. The van der Waals surface area contributed by atoms with Gasteiger partial charge in [0.05, 0.1) is 17.9 Å². The number of ether oxygens (including phenoxy) is 3. The number of nitrogens with two attached hydrogens (primary N) is 1. The molecule has 1 amide bonds. The maximum atomic E-state index is 14.3. The van der Waals surface area contributed by atoms with Crippen LogP contribution in [-0.4, -0.2) is 70.2 Å². The van der Waals surface area contributed by atoms with Crippen molar-refractivity contribution in [2.45, 2.75) is 65.1 Å². The summed E-state index contributed by atoms with van der Waals surface area (Å²) in [6, 6.07) is 13.8. The molecule has 0 aliphatic carbocycles. The first-order valence-corrected chi connectivity index (χ1v) is 14.9. The number of fused-ring (bicyclic) bond motifs is 3. The van der Waals surface area contributed by atoms with Gasteiger partial charge in [-0.1, -0.05) is 30.3 Å². The fourth-order valence-electron chi connectivity index (χ4n) is 5.38. The van der Waals surface area contributed by atoms with Crippen LogP contribution in [0.1, 0.15) is 44.9 Å². The first-order valence-electron chi connectivity index (χ1n) is 14.9. The van der Waals surface area contributed by atoms with Crippen molar-refractivity contribution in [2.24, 2.45) is 21.6 Å². The number of nitrogens with zero attached hydrogens (tertiary/aromatic N) is 5. The van der Waals surface area contributed by atoms with Crippen molar-refractivity contribution in [1.29, 1.82) is 0 Å². The van der Waals surface area contributed by atoms with Crippen LogP contribution in [0.2, 0.25) is 0 Å². The molecule has 2 aliphatic rings. The van der Waals surface area contributed by atoms with Crippen LogP contribution in [0.25, 0.3) is 11.4 Å². The van der Waals surface area contributed by atoms with Crippen molar-refractivity contribution in [3.63, 3.8) is 0 Å². The second-order valence-corrected chi connectivity index (χ2v) is 11.4. The molecule has 5 rings (SSSR count). The minimum atomic E-state index is -4.62. The van der Waals surface area contributed by atoms with E-state index < -0.39 is 24.3 Å². The molecule has 1 saturated heterocycles. The minimum absolute atomic E-state index is 0.0337. The Morgan fingerprint density at radius 2 is 1.87 bits per heavy atom. The van der Waals surface area contributed by atoms with Gasteiger partial charge in [0.2, 0.25) is 0 Å². The van der Waals surface area contributed by atoms with Crippen molar-refractivity contribution in [2.75, 3.05) is 19.7 Å². The van der Waals surface area contributed by atoms with Crippen LogP contribution in [0.4, 0.5) is 18.0 Å². The van der Waals surface area contributed by atoms with Gasteiger partial charge < -0.3 is 29.4 Å². The number of halogens is 3. The molecule has 45 heavy (non-hydrogen) atoms. The van der Waals surface area contributed by atoms with E-state index in [2.05, 4.69) is 9.98 Å². The Balaban J connectivity index is 1.29. The largest absolute Gasteiger partial charge is 0.491 e. The number of amidine groups is 2. The van der Waals surface area contributed by atoms with Crippen LogP contribution in [-0.2, 0) is 17.9 Å². The highest BCUT2D eigenvalue weighted by atomic mass is 19.4. The number of likely N-dealkylation sites (tertiary alicyclic amines) is 1. The van der Waals surface area contributed by atoms with Crippen LogP contribution in [0, 0.1) is 5.92 Å². The Kier molecular flexibility index (Phi) is 9.64. The molecule has 1 atom stereocenters. The SMILES string of the molecule is CC(N)=NC(=NC(C)C)c1cn2c(n1)-c1ccc(OC(C3CCN(C(=O)OCc4ccccc4)CC3)C(F)(F)F)cc1OCC2. The Morgan fingerprint density at radius 1 is 1.13 bits per heavy atom. The molecule has 0 radical (unpaired) electrons. The Hall–Kier alpha value is -4.55. The highest BCUT2D eigenvalue weighted by molar-refractivity contribution is 6.04. The predicted molar refractivity (Wildman–Crippen MR) is 164 cm³/mol. The van der Waals surface area contributed by atoms with Gasteiger partial charge >= 0.3 is 12.3 Å². The molecule has 2 aromatic carbocycles. The Bertz CT molecular complexity index is 1540. The highest BCUT2D eigenvalue weighted by Gasteiger charge is 2.48. The van der Waals surface area contributed by atoms with Crippen LogP contribution in [0.3, 0.4) is 0 Å². The lowest BCUT2D eigenvalue weighted by atomic mass is 9.90. The van der Waals surface area contributed by atoms with Gasteiger partial charge in [-0.25, -0.2) is 14.8 Å². The number of carbonyl (C=O) groups excluding carboxylic acids is 1. The Morgan fingerprint density at radius 3 is 2.53 bits per heavy atom. The van der Waals surface area contributed by atoms with Crippen LogP contribution in [0.5, 0.6) is 11.5 Å². The number of hydrogen-bond donors (Lipinski definition) is 1. The maximum Gasteiger partial charge on any atom is 0.425 e. The molecule has 1 fully saturated rings. The summed E-state index contributed by atoms with van der Waals surface area (Å²) in [5.74, 6) is 0.874. The molecule has 13 heteroatoms. The first kappa shape index (κ1) is 31.9. The van der Waals surface area contributed by atoms with E-state index in [0.29, 0.717) is 41.0 Å². The van der Waals surface area contributed by atoms with E-state index in [4.69, 9.17) is 24.9 Å². The normalized spacial score (nSPS) is 16.8. The molecule has 2 N–H and O–H groups in total. The summed E-state index contributed by atoms with van der Waals surface area (Å²) in [5.41, 5.74) is 7.79. The standard InChI is InChI=1S/C32H37F3N6O4/c1-20(2)37-29(38-21(3)36)26-18-41-15-16-43-27-17-24(9-10-25(27)30(41)39-26)45-28(32(33,34)35)23-11-13-40(14-12-23)31(42)44-19-22-7-5-4-6-8-22/h4-10,17-18,20,23,28H,11-16,19H2,1-3H3,(H2,36,37,38). The number of imidazole rings is 1. The van der Waals surface area contributed by atoms with E-state index in [1.165, 1.54) is 17.0 Å². The third-order valence-corrected chi connectivity index (χ3v) is 7.47. The van der Waals surface area contributed by atoms with Gasteiger partial charge in [-0.15, -0.1) is 0 Å². The van der Waals surface area contributed by atoms with Crippen molar-refractivity contribution < 1.29 is 32.2 Å². The number of carbonyl (C=O) groups is 1. The van der Waals surface area contributed by atoms with E-state index in [1.54, 1.807) is 13.0 Å². The summed E-state index contributed by atoms with van der Waals surface area (Å²) in [6.45, 7) is 6.63. The molecule has 0 bridgehead atoms. The fourth-order valence-corrected chi connectivity index (χ4v) is 5.38. The van der Waals surface area contributed by atoms with Crippen molar-refractivity contribution >= 4 is 17.8 Å². The number of rotatable bonds is 7. The molecule has 3 heterocycles. The summed E-state index contributed by atoms with van der Waals surface area (Å²) in [5, 5.41) is 0. The van der Waals surface area contributed by atoms with Gasteiger partial charge in [0.15, 0.2) is 11.9 Å². The lowest BCUT2D eigenvalue weighted by Crippen LogP contribution is -2.47. The summed E-state index contributed by atoms with van der Waals surface area (Å²) in [7, 11) is 0. The van der Waals surface area contributed by atoms with Gasteiger partial charge in [0.25, 0.3) is 0 Å². The molecule has 240 valence electrons. The van der Waals surface area contributed by atoms with Crippen LogP contribution in [0.15, 0.2) is 64.7 Å². The number of alkyl halides is 3. The summed E-state index contributed by atoms with van der Waals surface area (Å²) < 4.78 is 61.7. The molecule has 10 nitrogen and oxygen atoms in total. The third kappa shape index (κ3) is 7.95. The number of amides is 1. The maximum absolute atomic E-state index is 14.3. The van der Waals surface area contributed by atoms with Gasteiger partial charge in [0.1, 0.15) is 36.2 Å². The molecule has 2 aliphatic heterocycles. The van der Waals surface area contributed by atoms with Crippen molar-refractivity contribution in [1.82, 2.24) is 14.5 Å². The molecule has 1 unspecified atom stereocenters. The van der Waals surface area contributed by atoms with E-state index in [-0.39, 0.29) is 50.9 Å². The Labute approximate surface area is 259 Å². The van der Waals surface area contributed by atoms with Gasteiger partial charge in [0, 0.05) is 37.3 Å². The van der Waals surface area contributed by atoms with E-state index in [0.717, 1.165) is 5.56 Å². The number of hydrogen-bond acceptors (Lipinski definition) is 6. The summed E-state index contributed by atoms with van der Waals surface area (Å²) in [4.78, 5) is 27.6. The molecule has 3 aromatic rings. The van der Waals surface area contributed by atoms with E-state index in [9.17, 15) is 18.0 Å². The van der Waals surface area contributed by atoms with Gasteiger partial charge in [-0.2, -0.15) is 13.2 Å². The second-order valence-electron chi connectivity index (χ2n) is 11.4. The number of piperidine rings is 1. The van der Waals surface area contributed by atoms with Crippen molar-refractivity contribution in [3.05, 3.63) is 66.0 Å². The molecular formula is C32H37F3N6O4. The van der Waals surface area contributed by atoms with Gasteiger partial charge in [-0.05, 0) is 51.3 Å². The van der Waals surface area contributed by atoms with E-state index in [1.807, 2.05) is 54.9 Å². The zero-order chi connectivity index (χ0) is 32.1. The molecule has 1 aromatic heterocycles. The number of benzene rings is 2. The topological polar surface area (TPSA) is 117 Å². The molecular weight excluding hydrogens is 589 g/mol. The first-order chi connectivity index (χ1) is 21.5. The van der Waals surface area contributed by atoms with Crippen LogP contribution >= 0.6 is 0 Å². The average Bonchev–Trinajstić information content (AvgIpc) is 3.34. The van der Waals surface area contributed by atoms with Crippen molar-refractivity contribution in [3.8, 4) is 22.9 Å². The van der Waals surface area contributed by atoms with Gasteiger partial charge in [-0.3, -0.25) is 4.99 Å². The monoisotopic (exact) mass is 626 g/mol. The van der Waals surface area contributed by atoms with Crippen LogP contribution < -0.4 is 15.2 Å². The summed E-state index contributed by atoms with van der Waals surface area (Å²) in [6.07, 6.45) is -5.15. The zero-order valence-electron chi connectivity index (χ0n) is 25.5. The number of aliphatic imine (C=N–C) groups is 2. The minimum Gasteiger partial charge on any atom is -0.491 e. The zero-order valence-corrected chi connectivity index (χ0v) is 25.5. The average molecular weight is 627 g/mol.